The molecule has 106 valence electrons. The van der Waals surface area contributed by atoms with Gasteiger partial charge in [0.25, 0.3) is 5.91 Å². The van der Waals surface area contributed by atoms with Crippen LogP contribution in [0.1, 0.15) is 23.2 Å². The van der Waals surface area contributed by atoms with Crippen LogP contribution < -0.4 is 10.6 Å². The van der Waals surface area contributed by atoms with E-state index in [9.17, 15) is 24.8 Å². The van der Waals surface area contributed by atoms with E-state index in [-0.39, 0.29) is 17.5 Å². The lowest BCUT2D eigenvalue weighted by atomic mass is 10.1. The van der Waals surface area contributed by atoms with Crippen molar-refractivity contribution in [3.05, 3.63) is 33.9 Å². The smallest absolute Gasteiger partial charge is 0.311 e. The zero-order chi connectivity index (χ0) is 14.7. The van der Waals surface area contributed by atoms with Gasteiger partial charge in [-0.3, -0.25) is 19.7 Å². The van der Waals surface area contributed by atoms with Gasteiger partial charge in [-0.15, -0.1) is 0 Å². The van der Waals surface area contributed by atoms with Crippen LogP contribution in [0.4, 0.5) is 5.69 Å². The van der Waals surface area contributed by atoms with Crippen molar-refractivity contribution < 1.29 is 19.6 Å². The second kappa shape index (κ2) is 5.55. The lowest BCUT2D eigenvalue weighted by Gasteiger charge is -2.23. The number of phenolic OH excluding ortho intramolecular Hbond substituents is 1. The number of amides is 2. The third-order valence-electron chi connectivity index (χ3n) is 3.06. The summed E-state index contributed by atoms with van der Waals surface area (Å²) in [6.07, 6.45) is 0.805. The molecule has 3 N–H and O–H groups in total. The fraction of sp³-hybridized carbons (Fsp3) is 0.333. The zero-order valence-electron chi connectivity index (χ0n) is 10.5. The number of aromatic hydroxyl groups is 1. The number of carbonyl (C=O) groups excluding carboxylic acids is 2. The molecule has 1 saturated heterocycles. The van der Waals surface area contributed by atoms with Gasteiger partial charge in [0, 0.05) is 25.1 Å². The topological polar surface area (TPSA) is 122 Å². The molecule has 1 aromatic carbocycles. The van der Waals surface area contributed by atoms with Gasteiger partial charge >= 0.3 is 5.69 Å². The first-order chi connectivity index (χ1) is 9.49. The molecule has 1 aromatic rings. The number of hydrogen-bond acceptors (Lipinski definition) is 5. The predicted molar refractivity (Wildman–Crippen MR) is 68.3 cm³/mol. The number of benzene rings is 1. The number of para-hydroxylation sites is 1. The standard InChI is InChI=1S/C12H13N3O5/c16-10-5-4-7(6-13-10)14-12(18)8-2-1-3-9(11(8)17)15(19)20/h1-3,7,17H,4-6H2,(H,13,16)(H,14,18). The summed E-state index contributed by atoms with van der Waals surface area (Å²) in [6, 6.07) is 3.50. The van der Waals surface area contributed by atoms with Crippen LogP contribution in [0.25, 0.3) is 0 Å². The Labute approximate surface area is 113 Å². The van der Waals surface area contributed by atoms with Crippen molar-refractivity contribution in [3.63, 3.8) is 0 Å². The van der Waals surface area contributed by atoms with Gasteiger partial charge in [-0.25, -0.2) is 0 Å². The molecule has 0 spiro atoms. The van der Waals surface area contributed by atoms with Crippen molar-refractivity contribution >= 4 is 17.5 Å². The van der Waals surface area contributed by atoms with Crippen LogP contribution in [0.2, 0.25) is 0 Å². The van der Waals surface area contributed by atoms with Crippen LogP contribution >= 0.6 is 0 Å². The summed E-state index contributed by atoms with van der Waals surface area (Å²) in [6.45, 7) is 0.306. The van der Waals surface area contributed by atoms with Crippen molar-refractivity contribution in [2.45, 2.75) is 18.9 Å². The Morgan fingerprint density at radius 1 is 1.50 bits per heavy atom. The van der Waals surface area contributed by atoms with Gasteiger partial charge < -0.3 is 15.7 Å². The molecular weight excluding hydrogens is 266 g/mol. The average Bonchev–Trinajstić information content (AvgIpc) is 2.41. The summed E-state index contributed by atoms with van der Waals surface area (Å²) in [7, 11) is 0. The fourth-order valence-corrected chi connectivity index (χ4v) is 1.98. The molecule has 2 rings (SSSR count). The minimum Gasteiger partial charge on any atom is -0.502 e. The van der Waals surface area contributed by atoms with E-state index in [0.29, 0.717) is 19.4 Å². The second-order valence-electron chi connectivity index (χ2n) is 4.44. The van der Waals surface area contributed by atoms with Crippen molar-refractivity contribution in [2.24, 2.45) is 0 Å². The maximum Gasteiger partial charge on any atom is 0.311 e. The van der Waals surface area contributed by atoms with Gasteiger partial charge in [0.05, 0.1) is 10.5 Å². The molecule has 8 nitrogen and oxygen atoms in total. The number of hydrogen-bond donors (Lipinski definition) is 3. The summed E-state index contributed by atoms with van der Waals surface area (Å²) in [5, 5.41) is 25.7. The molecule has 8 heteroatoms. The molecule has 0 aliphatic carbocycles. The molecule has 1 fully saturated rings. The van der Waals surface area contributed by atoms with E-state index in [2.05, 4.69) is 10.6 Å². The number of nitrogens with one attached hydrogen (secondary N) is 2. The van der Waals surface area contributed by atoms with Crippen molar-refractivity contribution in [1.82, 2.24) is 10.6 Å². The van der Waals surface area contributed by atoms with E-state index < -0.39 is 22.3 Å². The van der Waals surface area contributed by atoms with Crippen LogP contribution in [-0.2, 0) is 4.79 Å². The Morgan fingerprint density at radius 3 is 2.85 bits per heavy atom. The monoisotopic (exact) mass is 279 g/mol. The highest BCUT2D eigenvalue weighted by atomic mass is 16.6. The zero-order valence-corrected chi connectivity index (χ0v) is 10.5. The Hall–Kier alpha value is -2.64. The highest BCUT2D eigenvalue weighted by molar-refractivity contribution is 5.98. The van der Waals surface area contributed by atoms with E-state index in [4.69, 9.17) is 0 Å². The first-order valence-electron chi connectivity index (χ1n) is 6.03. The van der Waals surface area contributed by atoms with Gasteiger partial charge in [-0.05, 0) is 12.5 Å². The maximum atomic E-state index is 12.0. The van der Waals surface area contributed by atoms with E-state index in [1.807, 2.05) is 0 Å². The summed E-state index contributed by atoms with van der Waals surface area (Å²) < 4.78 is 0. The van der Waals surface area contributed by atoms with Crippen LogP contribution in [0, 0.1) is 10.1 Å². The van der Waals surface area contributed by atoms with E-state index in [1.165, 1.54) is 12.1 Å². The number of nitrogens with zero attached hydrogens (tertiary/aromatic N) is 1. The molecule has 20 heavy (non-hydrogen) atoms. The summed E-state index contributed by atoms with van der Waals surface area (Å²) >= 11 is 0. The molecule has 0 saturated carbocycles. The lowest BCUT2D eigenvalue weighted by molar-refractivity contribution is -0.385. The number of rotatable bonds is 3. The fourth-order valence-electron chi connectivity index (χ4n) is 1.98. The average molecular weight is 279 g/mol. The Balaban J connectivity index is 2.11. The molecule has 0 aromatic heterocycles. The van der Waals surface area contributed by atoms with Crippen LogP contribution in [0.15, 0.2) is 18.2 Å². The van der Waals surface area contributed by atoms with Crippen LogP contribution in [0.5, 0.6) is 5.75 Å². The van der Waals surface area contributed by atoms with Gasteiger partial charge in [-0.2, -0.15) is 0 Å². The highest BCUT2D eigenvalue weighted by Crippen LogP contribution is 2.29. The number of nitro groups is 1. The van der Waals surface area contributed by atoms with E-state index >= 15 is 0 Å². The maximum absolute atomic E-state index is 12.0. The molecule has 1 atom stereocenters. The normalized spacial score (nSPS) is 18.2. The SMILES string of the molecule is O=C1CCC(NC(=O)c2cccc([N+](=O)[O-])c2O)CN1. The Morgan fingerprint density at radius 2 is 2.25 bits per heavy atom. The van der Waals surface area contributed by atoms with Gasteiger partial charge in [-0.1, -0.05) is 6.07 Å². The number of nitro benzene ring substituents is 1. The molecule has 1 aliphatic heterocycles. The highest BCUT2D eigenvalue weighted by Gasteiger charge is 2.24. The van der Waals surface area contributed by atoms with Crippen molar-refractivity contribution in [1.29, 1.82) is 0 Å². The molecule has 1 unspecified atom stereocenters. The van der Waals surface area contributed by atoms with E-state index in [0.717, 1.165) is 6.07 Å². The molecular formula is C12H13N3O5. The molecule has 1 heterocycles. The number of piperidine rings is 1. The van der Waals surface area contributed by atoms with Gasteiger partial charge in [0.1, 0.15) is 0 Å². The minimum atomic E-state index is -0.757. The molecule has 0 radical (unpaired) electrons. The first-order valence-corrected chi connectivity index (χ1v) is 6.03. The van der Waals surface area contributed by atoms with Crippen molar-refractivity contribution in [2.75, 3.05) is 6.54 Å². The largest absolute Gasteiger partial charge is 0.502 e. The summed E-state index contributed by atoms with van der Waals surface area (Å²) in [4.78, 5) is 32.9. The third-order valence-corrected chi connectivity index (χ3v) is 3.06. The molecule has 1 aliphatic rings. The number of phenols is 1. The van der Waals surface area contributed by atoms with Crippen molar-refractivity contribution in [3.8, 4) is 5.75 Å². The van der Waals surface area contributed by atoms with Crippen LogP contribution in [0.3, 0.4) is 0 Å². The lowest BCUT2D eigenvalue weighted by Crippen LogP contribution is -2.47. The Kier molecular flexibility index (Phi) is 3.83. The molecule has 2 amide bonds. The summed E-state index contributed by atoms with van der Waals surface area (Å²) in [5.74, 6) is -1.34. The number of carbonyl (C=O) groups is 2. The molecule has 0 bridgehead atoms. The quantitative estimate of drug-likeness (QED) is 0.543. The van der Waals surface area contributed by atoms with Crippen LogP contribution in [-0.4, -0.2) is 34.4 Å². The Bertz CT molecular complexity index is 562. The first kappa shape index (κ1) is 13.8. The predicted octanol–water partition coefficient (Wildman–Crippen LogP) is 0.309. The third kappa shape index (κ3) is 2.85. The van der Waals surface area contributed by atoms with E-state index in [1.54, 1.807) is 0 Å². The second-order valence-corrected chi connectivity index (χ2v) is 4.44. The van der Waals surface area contributed by atoms with Gasteiger partial charge in [0.2, 0.25) is 11.7 Å². The van der Waals surface area contributed by atoms with Gasteiger partial charge in [0.15, 0.2) is 0 Å². The summed E-state index contributed by atoms with van der Waals surface area (Å²) in [5.41, 5.74) is -0.675. The minimum absolute atomic E-state index is 0.0753.